The van der Waals surface area contributed by atoms with Crippen LogP contribution < -0.4 is 0 Å². The summed E-state index contributed by atoms with van der Waals surface area (Å²) in [6, 6.07) is 9.08. The van der Waals surface area contributed by atoms with Gasteiger partial charge in [-0.2, -0.15) is 5.11 Å². The highest BCUT2D eigenvalue weighted by Crippen LogP contribution is 2.27. The molecule has 0 bridgehead atoms. The third-order valence-electron chi connectivity index (χ3n) is 2.89. The standard InChI is InChI=1S/C12H16N2O3S/c1-12(2,11(14-13)18(16)17)10(15)8-9-6-4-3-5-7-9/h3-7,11,13,18H,8H2,1-2H3. The Morgan fingerprint density at radius 3 is 2.33 bits per heavy atom. The van der Waals surface area contributed by atoms with E-state index in [0.717, 1.165) is 5.56 Å². The summed E-state index contributed by atoms with van der Waals surface area (Å²) in [7, 11) is -2.93. The molecular weight excluding hydrogens is 252 g/mol. The van der Waals surface area contributed by atoms with Crippen LogP contribution in [0.1, 0.15) is 19.4 Å². The lowest BCUT2D eigenvalue weighted by Crippen LogP contribution is -2.37. The minimum Gasteiger partial charge on any atom is -0.299 e. The molecule has 0 aromatic heterocycles. The molecule has 18 heavy (non-hydrogen) atoms. The van der Waals surface area contributed by atoms with E-state index in [1.165, 1.54) is 13.8 Å². The van der Waals surface area contributed by atoms with Crippen molar-refractivity contribution >= 4 is 16.5 Å². The zero-order valence-electron chi connectivity index (χ0n) is 10.3. The Kier molecular flexibility index (Phi) is 4.72. The average molecular weight is 268 g/mol. The first-order chi connectivity index (χ1) is 8.39. The maximum atomic E-state index is 12.1. The topological polar surface area (TPSA) is 87.4 Å². The van der Waals surface area contributed by atoms with Crippen LogP contribution in [0.15, 0.2) is 35.4 Å². The van der Waals surface area contributed by atoms with E-state index >= 15 is 0 Å². The van der Waals surface area contributed by atoms with Crippen molar-refractivity contribution in [3.63, 3.8) is 0 Å². The fourth-order valence-electron chi connectivity index (χ4n) is 1.63. The van der Waals surface area contributed by atoms with E-state index < -0.39 is 21.5 Å². The number of nitrogens with one attached hydrogen (secondary N) is 1. The molecule has 1 unspecified atom stereocenters. The molecule has 1 rings (SSSR count). The van der Waals surface area contributed by atoms with Crippen molar-refractivity contribution in [2.75, 3.05) is 0 Å². The van der Waals surface area contributed by atoms with Crippen molar-refractivity contribution in [1.82, 2.24) is 0 Å². The summed E-state index contributed by atoms with van der Waals surface area (Å²) in [6.45, 7) is 3.01. The molecule has 0 heterocycles. The highest BCUT2D eigenvalue weighted by molar-refractivity contribution is 7.73. The number of benzene rings is 1. The molecule has 1 aromatic rings. The van der Waals surface area contributed by atoms with Gasteiger partial charge in [-0.15, -0.1) is 0 Å². The molecule has 0 aliphatic carbocycles. The summed E-state index contributed by atoms with van der Waals surface area (Å²) in [6.07, 6.45) is 0.142. The second-order valence-corrected chi connectivity index (χ2v) is 5.66. The second kappa shape index (κ2) is 5.86. The van der Waals surface area contributed by atoms with Gasteiger partial charge < -0.3 is 0 Å². The van der Waals surface area contributed by atoms with Crippen LogP contribution >= 0.6 is 0 Å². The number of hydrogen-bond acceptors (Lipinski definition) is 5. The van der Waals surface area contributed by atoms with E-state index in [1.54, 1.807) is 12.1 Å². The second-order valence-electron chi connectivity index (χ2n) is 4.60. The summed E-state index contributed by atoms with van der Waals surface area (Å²) < 4.78 is 22.0. The van der Waals surface area contributed by atoms with Gasteiger partial charge in [0, 0.05) is 6.42 Å². The van der Waals surface area contributed by atoms with E-state index in [4.69, 9.17) is 5.53 Å². The largest absolute Gasteiger partial charge is 0.299 e. The molecule has 1 atom stereocenters. The average Bonchev–Trinajstić information content (AvgIpc) is 2.30. The maximum absolute atomic E-state index is 12.1. The predicted octanol–water partition coefficient (Wildman–Crippen LogP) is 1.79. The summed E-state index contributed by atoms with van der Waals surface area (Å²) >= 11 is 0. The van der Waals surface area contributed by atoms with Crippen molar-refractivity contribution in [3.05, 3.63) is 35.9 Å². The highest BCUT2D eigenvalue weighted by atomic mass is 32.2. The van der Waals surface area contributed by atoms with Crippen molar-refractivity contribution in [2.45, 2.75) is 25.6 Å². The number of thiol groups is 1. The molecule has 6 heteroatoms. The molecule has 98 valence electrons. The van der Waals surface area contributed by atoms with E-state index in [0.29, 0.717) is 0 Å². The summed E-state index contributed by atoms with van der Waals surface area (Å²) in [5.41, 5.74) is 6.54. The number of Topliss-reactive ketones (excluding diaryl/α,β-unsaturated/α-hetero) is 1. The summed E-state index contributed by atoms with van der Waals surface area (Å²) in [5, 5.41) is 1.75. The van der Waals surface area contributed by atoms with Gasteiger partial charge in [-0.05, 0) is 19.4 Å². The Balaban J connectivity index is 2.92. The fourth-order valence-corrected chi connectivity index (χ4v) is 2.39. The van der Waals surface area contributed by atoms with Gasteiger partial charge in [-0.1, -0.05) is 30.3 Å². The van der Waals surface area contributed by atoms with E-state index in [2.05, 4.69) is 5.11 Å². The monoisotopic (exact) mass is 268 g/mol. The molecule has 0 aliphatic rings. The van der Waals surface area contributed by atoms with E-state index in [-0.39, 0.29) is 12.2 Å². The number of hydrogen-bond donors (Lipinski definition) is 2. The Hall–Kier alpha value is -1.56. The van der Waals surface area contributed by atoms with Crippen LogP contribution in [0.4, 0.5) is 0 Å². The van der Waals surface area contributed by atoms with Crippen LogP contribution in [0, 0.1) is 10.9 Å². The van der Waals surface area contributed by atoms with Crippen LogP contribution in [0.3, 0.4) is 0 Å². The Labute approximate surface area is 108 Å². The highest BCUT2D eigenvalue weighted by Gasteiger charge is 2.38. The third kappa shape index (κ3) is 3.22. The van der Waals surface area contributed by atoms with Gasteiger partial charge in [-0.3, -0.25) is 4.79 Å². The molecule has 0 saturated carbocycles. The number of carbonyl (C=O) groups is 1. The number of carbonyl (C=O) groups excluding carboxylic acids is 1. The fraction of sp³-hybridized carbons (Fsp3) is 0.417. The smallest absolute Gasteiger partial charge is 0.181 e. The van der Waals surface area contributed by atoms with Crippen LogP contribution in [0.5, 0.6) is 0 Å². The van der Waals surface area contributed by atoms with Gasteiger partial charge in [-0.25, -0.2) is 13.9 Å². The Morgan fingerprint density at radius 2 is 1.89 bits per heavy atom. The molecule has 0 amide bonds. The van der Waals surface area contributed by atoms with Crippen LogP contribution in [0.25, 0.3) is 0 Å². The Morgan fingerprint density at radius 1 is 1.33 bits per heavy atom. The van der Waals surface area contributed by atoms with Crippen molar-refractivity contribution in [3.8, 4) is 0 Å². The summed E-state index contributed by atoms with van der Waals surface area (Å²) in [4.78, 5) is 12.1. The van der Waals surface area contributed by atoms with Crippen molar-refractivity contribution in [2.24, 2.45) is 10.5 Å². The molecule has 0 aliphatic heterocycles. The lowest BCUT2D eigenvalue weighted by Gasteiger charge is -2.25. The van der Waals surface area contributed by atoms with Crippen LogP contribution in [-0.4, -0.2) is 19.6 Å². The van der Waals surface area contributed by atoms with Crippen molar-refractivity contribution < 1.29 is 13.2 Å². The zero-order valence-corrected chi connectivity index (χ0v) is 11.2. The third-order valence-corrected chi connectivity index (χ3v) is 4.05. The summed E-state index contributed by atoms with van der Waals surface area (Å²) in [5.74, 6) is -0.242. The molecule has 5 nitrogen and oxygen atoms in total. The van der Waals surface area contributed by atoms with Gasteiger partial charge in [0.15, 0.2) is 16.1 Å². The molecule has 1 aromatic carbocycles. The first-order valence-corrected chi connectivity index (χ1v) is 6.71. The maximum Gasteiger partial charge on any atom is 0.181 e. The van der Waals surface area contributed by atoms with Gasteiger partial charge in [0.1, 0.15) is 5.78 Å². The van der Waals surface area contributed by atoms with Crippen LogP contribution in [-0.2, 0) is 21.9 Å². The molecule has 0 saturated heterocycles. The quantitative estimate of drug-likeness (QED) is 0.609. The van der Waals surface area contributed by atoms with Gasteiger partial charge >= 0.3 is 0 Å². The number of nitrogens with zero attached hydrogens (tertiary/aromatic N) is 1. The van der Waals surface area contributed by atoms with E-state index in [1.807, 2.05) is 18.2 Å². The number of ketones is 1. The minimum absolute atomic E-state index is 0.142. The first kappa shape index (κ1) is 14.5. The van der Waals surface area contributed by atoms with Gasteiger partial charge in [0.05, 0.1) is 5.41 Å². The molecule has 0 fully saturated rings. The molecule has 1 N–H and O–H groups in total. The molecule has 0 spiro atoms. The van der Waals surface area contributed by atoms with Gasteiger partial charge in [0.2, 0.25) is 0 Å². The lowest BCUT2D eigenvalue weighted by atomic mass is 9.84. The zero-order chi connectivity index (χ0) is 13.8. The SMILES string of the molecule is CC(C)(C(=O)Cc1ccccc1)C(N=N)[SH](=O)=O. The predicted molar refractivity (Wildman–Crippen MR) is 68.2 cm³/mol. The Bertz CT molecular complexity index is 501. The molecule has 0 radical (unpaired) electrons. The minimum atomic E-state index is -2.93. The number of rotatable bonds is 6. The van der Waals surface area contributed by atoms with Crippen LogP contribution in [0.2, 0.25) is 0 Å². The van der Waals surface area contributed by atoms with Crippen molar-refractivity contribution in [1.29, 1.82) is 5.53 Å². The molecular formula is C12H16N2O3S. The lowest BCUT2D eigenvalue weighted by molar-refractivity contribution is -0.126. The first-order valence-electron chi connectivity index (χ1n) is 5.47. The van der Waals surface area contributed by atoms with Gasteiger partial charge in [0.25, 0.3) is 0 Å². The normalized spacial score (nSPS) is 13.3. The van der Waals surface area contributed by atoms with E-state index in [9.17, 15) is 13.2 Å².